The molecule has 0 radical (unpaired) electrons. The Balaban J connectivity index is 1.90. The molecule has 3 nitrogen and oxygen atoms in total. The largest absolute Gasteiger partial charge is 0.497 e. The van der Waals surface area contributed by atoms with Gasteiger partial charge in [0.25, 0.3) is 5.91 Å². The monoisotopic (exact) mass is 333 g/mol. The first-order chi connectivity index (χ1) is 10.2. The molecular formula is C15H11NO2S3. The molecule has 3 rings (SSSR count). The number of carbonyl (C=O) groups is 1. The molecule has 1 saturated heterocycles. The number of carbonyl (C=O) groups excluding carboxylic acids is 1. The van der Waals surface area contributed by atoms with Gasteiger partial charge in [-0.15, -0.1) is 11.3 Å². The molecule has 0 N–H and O–H groups in total. The molecule has 2 aromatic rings. The second-order valence-corrected chi connectivity index (χ2v) is 6.89. The molecule has 0 atom stereocenters. The summed E-state index contributed by atoms with van der Waals surface area (Å²) in [5.74, 6) is 0.668. The topological polar surface area (TPSA) is 29.5 Å². The Morgan fingerprint density at radius 1 is 1.24 bits per heavy atom. The second kappa shape index (κ2) is 6.01. The van der Waals surface area contributed by atoms with E-state index in [4.69, 9.17) is 17.0 Å². The lowest BCUT2D eigenvalue weighted by Gasteiger charge is -2.14. The minimum absolute atomic E-state index is 0.0800. The van der Waals surface area contributed by atoms with Crippen molar-refractivity contribution in [1.29, 1.82) is 0 Å². The van der Waals surface area contributed by atoms with Crippen molar-refractivity contribution in [3.8, 4) is 5.75 Å². The molecule has 0 saturated carbocycles. The molecule has 6 heteroatoms. The van der Waals surface area contributed by atoms with Crippen LogP contribution in [-0.4, -0.2) is 17.3 Å². The number of rotatable bonds is 3. The normalized spacial score (nSPS) is 16.8. The fourth-order valence-corrected chi connectivity index (χ4v) is 3.95. The average Bonchev–Trinajstić information content (AvgIpc) is 3.09. The SMILES string of the molecule is COc1ccc(N2C(=O)/C(=C/c3cccs3)SC2=S)cc1. The number of methoxy groups -OCH3 is 1. The van der Waals surface area contributed by atoms with Crippen LogP contribution in [0.25, 0.3) is 6.08 Å². The maximum Gasteiger partial charge on any atom is 0.270 e. The summed E-state index contributed by atoms with van der Waals surface area (Å²) in [4.78, 5) is 15.8. The predicted molar refractivity (Wildman–Crippen MR) is 93.0 cm³/mol. The Bertz CT molecular complexity index is 705. The van der Waals surface area contributed by atoms with Crippen LogP contribution >= 0.6 is 35.3 Å². The van der Waals surface area contributed by atoms with Crippen LogP contribution < -0.4 is 9.64 Å². The quantitative estimate of drug-likeness (QED) is 0.623. The van der Waals surface area contributed by atoms with Crippen LogP contribution in [0.4, 0.5) is 5.69 Å². The standard InChI is InChI=1S/C15H11NO2S3/c1-18-11-6-4-10(5-7-11)16-14(17)13(21-15(16)19)9-12-3-2-8-20-12/h2-9H,1H3/b13-9-. The molecule has 0 unspecified atom stereocenters. The van der Waals surface area contributed by atoms with Gasteiger partial charge in [-0.25, -0.2) is 0 Å². The van der Waals surface area contributed by atoms with Crippen LogP contribution in [-0.2, 0) is 4.79 Å². The summed E-state index contributed by atoms with van der Waals surface area (Å²) < 4.78 is 5.67. The van der Waals surface area contributed by atoms with Gasteiger partial charge in [0.15, 0.2) is 4.32 Å². The highest BCUT2D eigenvalue weighted by Crippen LogP contribution is 2.36. The van der Waals surface area contributed by atoms with Crippen molar-refractivity contribution in [1.82, 2.24) is 0 Å². The molecule has 1 amide bonds. The molecule has 1 fully saturated rings. The molecule has 1 aromatic carbocycles. The third-order valence-corrected chi connectivity index (χ3v) is 5.06. The number of hydrogen-bond acceptors (Lipinski definition) is 5. The lowest BCUT2D eigenvalue weighted by atomic mass is 10.2. The molecule has 106 valence electrons. The smallest absolute Gasteiger partial charge is 0.270 e. The summed E-state index contributed by atoms with van der Waals surface area (Å²) in [7, 11) is 1.61. The van der Waals surface area contributed by atoms with E-state index >= 15 is 0 Å². The first-order valence-corrected chi connectivity index (χ1v) is 8.25. The molecule has 0 spiro atoms. The van der Waals surface area contributed by atoms with Crippen LogP contribution in [0.1, 0.15) is 4.88 Å². The number of anilines is 1. The third-order valence-electron chi connectivity index (χ3n) is 2.94. The summed E-state index contributed by atoms with van der Waals surface area (Å²) in [6.07, 6.45) is 1.88. The van der Waals surface area contributed by atoms with Crippen LogP contribution in [0.2, 0.25) is 0 Å². The molecule has 0 aliphatic carbocycles. The number of thiophene rings is 1. The first kappa shape index (κ1) is 14.3. The Kier molecular flexibility index (Phi) is 4.10. The van der Waals surface area contributed by atoms with E-state index in [1.54, 1.807) is 23.3 Å². The molecule has 1 aromatic heterocycles. The summed E-state index contributed by atoms with van der Waals surface area (Å²) in [5.41, 5.74) is 0.757. The highest BCUT2D eigenvalue weighted by molar-refractivity contribution is 8.27. The van der Waals surface area contributed by atoms with Crippen molar-refractivity contribution >= 4 is 57.3 Å². The van der Waals surface area contributed by atoms with E-state index in [-0.39, 0.29) is 5.91 Å². The first-order valence-electron chi connectivity index (χ1n) is 6.14. The predicted octanol–water partition coefficient (Wildman–Crippen LogP) is 4.16. The number of thiocarbonyl (C=S) groups is 1. The van der Waals surface area contributed by atoms with Gasteiger partial charge in [-0.3, -0.25) is 9.69 Å². The highest BCUT2D eigenvalue weighted by atomic mass is 32.2. The van der Waals surface area contributed by atoms with Gasteiger partial charge in [-0.2, -0.15) is 0 Å². The fraction of sp³-hybridized carbons (Fsp3) is 0.0667. The maximum absolute atomic E-state index is 12.5. The van der Waals surface area contributed by atoms with E-state index in [2.05, 4.69) is 0 Å². The van der Waals surface area contributed by atoms with Crippen LogP contribution in [0.5, 0.6) is 5.75 Å². The second-order valence-electron chi connectivity index (χ2n) is 4.23. The number of amides is 1. The lowest BCUT2D eigenvalue weighted by Crippen LogP contribution is -2.27. The van der Waals surface area contributed by atoms with Crippen molar-refractivity contribution < 1.29 is 9.53 Å². The minimum atomic E-state index is -0.0800. The molecule has 1 aliphatic rings. The van der Waals surface area contributed by atoms with Crippen molar-refractivity contribution in [3.63, 3.8) is 0 Å². The maximum atomic E-state index is 12.5. The van der Waals surface area contributed by atoms with Crippen molar-refractivity contribution in [2.24, 2.45) is 0 Å². The zero-order valence-electron chi connectivity index (χ0n) is 11.1. The lowest BCUT2D eigenvalue weighted by molar-refractivity contribution is -0.113. The van der Waals surface area contributed by atoms with Crippen LogP contribution in [0.15, 0.2) is 46.7 Å². The van der Waals surface area contributed by atoms with Gasteiger partial charge >= 0.3 is 0 Å². The fourth-order valence-electron chi connectivity index (χ4n) is 1.92. The Hall–Kier alpha value is -1.63. The van der Waals surface area contributed by atoms with Crippen LogP contribution in [0, 0.1) is 0 Å². The van der Waals surface area contributed by atoms with E-state index in [0.29, 0.717) is 9.23 Å². The van der Waals surface area contributed by atoms with Gasteiger partial charge in [-0.05, 0) is 41.8 Å². The van der Waals surface area contributed by atoms with Gasteiger partial charge < -0.3 is 4.74 Å². The van der Waals surface area contributed by atoms with Gasteiger partial charge in [0.2, 0.25) is 0 Å². The highest BCUT2D eigenvalue weighted by Gasteiger charge is 2.33. The zero-order valence-corrected chi connectivity index (χ0v) is 13.6. The summed E-state index contributed by atoms with van der Waals surface area (Å²) in [6, 6.07) is 11.2. The number of hydrogen-bond donors (Lipinski definition) is 0. The average molecular weight is 333 g/mol. The van der Waals surface area contributed by atoms with Crippen molar-refractivity contribution in [2.45, 2.75) is 0 Å². The molecule has 1 aliphatic heterocycles. The van der Waals surface area contributed by atoms with E-state index in [9.17, 15) is 4.79 Å². The van der Waals surface area contributed by atoms with E-state index in [1.807, 2.05) is 47.9 Å². The van der Waals surface area contributed by atoms with E-state index in [0.717, 1.165) is 16.3 Å². The molecule has 0 bridgehead atoms. The molecule has 2 heterocycles. The van der Waals surface area contributed by atoms with Crippen molar-refractivity contribution in [3.05, 3.63) is 51.6 Å². The van der Waals surface area contributed by atoms with E-state index in [1.165, 1.54) is 11.8 Å². The zero-order chi connectivity index (χ0) is 14.8. The van der Waals surface area contributed by atoms with Crippen molar-refractivity contribution in [2.75, 3.05) is 12.0 Å². The summed E-state index contributed by atoms with van der Waals surface area (Å²) >= 11 is 8.26. The summed E-state index contributed by atoms with van der Waals surface area (Å²) in [6.45, 7) is 0. The van der Waals surface area contributed by atoms with Gasteiger partial charge in [0.1, 0.15) is 5.75 Å². The number of ether oxygens (including phenoxy) is 1. The van der Waals surface area contributed by atoms with Gasteiger partial charge in [0.05, 0.1) is 17.7 Å². The Morgan fingerprint density at radius 3 is 2.62 bits per heavy atom. The molecule has 21 heavy (non-hydrogen) atoms. The Morgan fingerprint density at radius 2 is 2.00 bits per heavy atom. The third kappa shape index (κ3) is 2.88. The number of nitrogens with zero attached hydrogens (tertiary/aromatic N) is 1. The molecular weight excluding hydrogens is 322 g/mol. The van der Waals surface area contributed by atoms with Crippen LogP contribution in [0.3, 0.4) is 0 Å². The summed E-state index contributed by atoms with van der Waals surface area (Å²) in [5, 5.41) is 1.98. The van der Waals surface area contributed by atoms with Gasteiger partial charge in [-0.1, -0.05) is 30.0 Å². The Labute approximate surface area is 136 Å². The van der Waals surface area contributed by atoms with Gasteiger partial charge in [0, 0.05) is 4.88 Å². The van der Waals surface area contributed by atoms with E-state index < -0.39 is 0 Å². The number of thioether (sulfide) groups is 1. The minimum Gasteiger partial charge on any atom is -0.497 e. The number of benzene rings is 1.